The molecule has 17 heavy (non-hydrogen) atoms. The molecule has 98 valence electrons. The average Bonchev–Trinajstić information content (AvgIpc) is 2.20. The summed E-state index contributed by atoms with van der Waals surface area (Å²) in [4.78, 5) is 12.6. The summed E-state index contributed by atoms with van der Waals surface area (Å²) in [6.45, 7) is 6.33. The van der Waals surface area contributed by atoms with Gasteiger partial charge in [0.05, 0.1) is 10.4 Å². The summed E-state index contributed by atoms with van der Waals surface area (Å²) in [6.07, 6.45) is 4.91. The number of hydrogen-bond donors (Lipinski definition) is 2. The van der Waals surface area contributed by atoms with Gasteiger partial charge in [0, 0.05) is 6.04 Å². The second kappa shape index (κ2) is 5.80. The normalized spacial score (nSPS) is 29.2. The quantitative estimate of drug-likeness (QED) is 0.717. The molecule has 0 heterocycles. The van der Waals surface area contributed by atoms with Gasteiger partial charge in [0.2, 0.25) is 5.91 Å². The Bertz CT molecular complexity index is 298. The van der Waals surface area contributed by atoms with Crippen molar-refractivity contribution in [3.63, 3.8) is 0 Å². The second-order valence-electron chi connectivity index (χ2n) is 5.48. The highest BCUT2D eigenvalue weighted by Gasteiger charge is 2.50. The van der Waals surface area contributed by atoms with E-state index in [4.69, 9.17) is 18.0 Å². The van der Waals surface area contributed by atoms with E-state index in [1.165, 1.54) is 0 Å². The fourth-order valence-electron chi connectivity index (χ4n) is 2.57. The van der Waals surface area contributed by atoms with Crippen LogP contribution in [0, 0.1) is 11.3 Å². The zero-order chi connectivity index (χ0) is 13.1. The third-order valence-corrected chi connectivity index (χ3v) is 4.06. The van der Waals surface area contributed by atoms with Gasteiger partial charge in [0.1, 0.15) is 0 Å². The summed E-state index contributed by atoms with van der Waals surface area (Å²) in [7, 11) is 0. The van der Waals surface area contributed by atoms with Crippen LogP contribution in [0.3, 0.4) is 0 Å². The minimum Gasteiger partial charge on any atom is -0.392 e. The SMILES string of the molecule is CCCCC(C)NC(=O)C1(C(N)=S)CC(C)C1. The van der Waals surface area contributed by atoms with Gasteiger partial charge in [0.25, 0.3) is 0 Å². The standard InChI is InChI=1S/C13H24N2OS/c1-4-5-6-10(3)15-12(16)13(11(14)17)7-9(2)8-13/h9-10H,4-8H2,1-3H3,(H2,14,17)(H,15,16). The summed E-state index contributed by atoms with van der Waals surface area (Å²) in [6, 6.07) is 0.213. The van der Waals surface area contributed by atoms with E-state index in [1.807, 2.05) is 6.92 Å². The molecule has 0 aromatic heterocycles. The number of nitrogens with two attached hydrogens (primary N) is 1. The molecule has 0 aromatic rings. The van der Waals surface area contributed by atoms with Crippen molar-refractivity contribution in [3.8, 4) is 0 Å². The van der Waals surface area contributed by atoms with Crippen LogP contribution in [0.2, 0.25) is 0 Å². The summed E-state index contributed by atoms with van der Waals surface area (Å²) in [5, 5.41) is 3.05. The fraction of sp³-hybridized carbons (Fsp3) is 0.846. The van der Waals surface area contributed by atoms with Gasteiger partial charge >= 0.3 is 0 Å². The number of amides is 1. The Morgan fingerprint density at radius 2 is 2.18 bits per heavy atom. The van der Waals surface area contributed by atoms with E-state index in [9.17, 15) is 4.79 Å². The van der Waals surface area contributed by atoms with Crippen molar-refractivity contribution in [2.75, 3.05) is 0 Å². The lowest BCUT2D eigenvalue weighted by atomic mass is 9.62. The molecule has 1 rings (SSSR count). The predicted molar refractivity (Wildman–Crippen MR) is 74.7 cm³/mol. The number of carbonyl (C=O) groups excluding carboxylic acids is 1. The Labute approximate surface area is 110 Å². The lowest BCUT2D eigenvalue weighted by Crippen LogP contribution is -2.57. The smallest absolute Gasteiger partial charge is 0.233 e. The molecule has 0 saturated heterocycles. The molecule has 0 radical (unpaired) electrons. The number of rotatable bonds is 6. The molecule has 0 bridgehead atoms. The van der Waals surface area contributed by atoms with Crippen LogP contribution in [-0.2, 0) is 4.79 Å². The average molecular weight is 256 g/mol. The van der Waals surface area contributed by atoms with Crippen molar-refractivity contribution in [1.82, 2.24) is 5.32 Å². The van der Waals surface area contributed by atoms with Gasteiger partial charge < -0.3 is 11.1 Å². The topological polar surface area (TPSA) is 55.1 Å². The molecule has 1 unspecified atom stereocenters. The van der Waals surface area contributed by atoms with Crippen LogP contribution < -0.4 is 11.1 Å². The van der Waals surface area contributed by atoms with Crippen molar-refractivity contribution in [1.29, 1.82) is 0 Å². The highest BCUT2D eigenvalue weighted by Crippen LogP contribution is 2.46. The van der Waals surface area contributed by atoms with E-state index in [2.05, 4.69) is 19.2 Å². The molecule has 1 aliphatic carbocycles. The highest BCUT2D eigenvalue weighted by atomic mass is 32.1. The van der Waals surface area contributed by atoms with Crippen LogP contribution in [0.25, 0.3) is 0 Å². The molecule has 1 atom stereocenters. The largest absolute Gasteiger partial charge is 0.392 e. The zero-order valence-corrected chi connectivity index (χ0v) is 11.9. The van der Waals surface area contributed by atoms with Crippen LogP contribution in [0.15, 0.2) is 0 Å². The minimum atomic E-state index is -0.560. The zero-order valence-electron chi connectivity index (χ0n) is 11.1. The fourth-order valence-corrected chi connectivity index (χ4v) is 2.83. The van der Waals surface area contributed by atoms with Gasteiger partial charge in [-0.25, -0.2) is 0 Å². The number of nitrogens with one attached hydrogen (secondary N) is 1. The third kappa shape index (κ3) is 3.18. The first-order valence-corrected chi connectivity index (χ1v) is 6.94. The Hall–Kier alpha value is -0.640. The molecule has 0 spiro atoms. The Morgan fingerprint density at radius 3 is 2.59 bits per heavy atom. The van der Waals surface area contributed by atoms with E-state index in [1.54, 1.807) is 0 Å². The van der Waals surface area contributed by atoms with Crippen LogP contribution in [0.1, 0.15) is 52.9 Å². The summed E-state index contributed by atoms with van der Waals surface area (Å²) < 4.78 is 0. The van der Waals surface area contributed by atoms with E-state index in [0.717, 1.165) is 32.1 Å². The van der Waals surface area contributed by atoms with Crippen molar-refractivity contribution in [2.24, 2.45) is 17.1 Å². The number of carbonyl (C=O) groups is 1. The monoisotopic (exact) mass is 256 g/mol. The van der Waals surface area contributed by atoms with Gasteiger partial charge in [-0.15, -0.1) is 0 Å². The Morgan fingerprint density at radius 1 is 1.59 bits per heavy atom. The van der Waals surface area contributed by atoms with Crippen LogP contribution in [-0.4, -0.2) is 16.9 Å². The van der Waals surface area contributed by atoms with Gasteiger partial charge in [-0.05, 0) is 32.1 Å². The molecular formula is C13H24N2OS. The van der Waals surface area contributed by atoms with E-state index < -0.39 is 5.41 Å². The first kappa shape index (κ1) is 14.4. The van der Waals surface area contributed by atoms with Crippen molar-refractivity contribution >= 4 is 23.1 Å². The third-order valence-electron chi connectivity index (χ3n) is 3.67. The van der Waals surface area contributed by atoms with Gasteiger partial charge in [-0.2, -0.15) is 0 Å². The first-order valence-electron chi connectivity index (χ1n) is 6.53. The minimum absolute atomic E-state index is 0.0340. The van der Waals surface area contributed by atoms with Crippen LogP contribution >= 0.6 is 12.2 Å². The molecule has 0 aliphatic heterocycles. The molecule has 1 amide bonds. The van der Waals surface area contributed by atoms with Crippen molar-refractivity contribution < 1.29 is 4.79 Å². The molecule has 1 fully saturated rings. The molecule has 3 N–H and O–H groups in total. The second-order valence-corrected chi connectivity index (χ2v) is 5.92. The van der Waals surface area contributed by atoms with Gasteiger partial charge in [-0.1, -0.05) is 38.9 Å². The predicted octanol–water partition coefficient (Wildman–Crippen LogP) is 2.38. The molecular weight excluding hydrogens is 232 g/mol. The molecule has 1 aliphatic rings. The van der Waals surface area contributed by atoms with E-state index in [0.29, 0.717) is 10.9 Å². The maximum absolute atomic E-state index is 12.2. The molecule has 4 heteroatoms. The number of hydrogen-bond acceptors (Lipinski definition) is 2. The van der Waals surface area contributed by atoms with Gasteiger partial charge in [0.15, 0.2) is 0 Å². The molecule has 1 saturated carbocycles. The summed E-state index contributed by atoms with van der Waals surface area (Å²) in [5.74, 6) is 0.583. The summed E-state index contributed by atoms with van der Waals surface area (Å²) in [5.41, 5.74) is 5.18. The number of thiocarbonyl (C=S) groups is 1. The van der Waals surface area contributed by atoms with Gasteiger partial charge in [-0.3, -0.25) is 4.79 Å². The van der Waals surface area contributed by atoms with E-state index >= 15 is 0 Å². The van der Waals surface area contributed by atoms with Crippen molar-refractivity contribution in [3.05, 3.63) is 0 Å². The molecule has 0 aromatic carbocycles. The Kier molecular flexibility index (Phi) is 4.92. The lowest BCUT2D eigenvalue weighted by molar-refractivity contribution is -0.133. The summed E-state index contributed by atoms with van der Waals surface area (Å²) >= 11 is 5.07. The first-order chi connectivity index (χ1) is 7.92. The highest BCUT2D eigenvalue weighted by molar-refractivity contribution is 7.80. The molecule has 3 nitrogen and oxygen atoms in total. The van der Waals surface area contributed by atoms with E-state index in [-0.39, 0.29) is 11.9 Å². The number of unbranched alkanes of at least 4 members (excludes halogenated alkanes) is 1. The Balaban J connectivity index is 2.53. The maximum atomic E-state index is 12.2. The van der Waals surface area contributed by atoms with Crippen LogP contribution in [0.5, 0.6) is 0 Å². The van der Waals surface area contributed by atoms with Crippen molar-refractivity contribution in [2.45, 2.75) is 58.9 Å². The van der Waals surface area contributed by atoms with Crippen LogP contribution in [0.4, 0.5) is 0 Å². The lowest BCUT2D eigenvalue weighted by Gasteiger charge is -2.44. The maximum Gasteiger partial charge on any atom is 0.233 e.